The third-order valence-electron chi connectivity index (χ3n) is 4.71. The Kier molecular flexibility index (Phi) is 5.78. The van der Waals surface area contributed by atoms with Crippen molar-refractivity contribution in [2.45, 2.75) is 20.8 Å². The van der Waals surface area contributed by atoms with Crippen molar-refractivity contribution < 1.29 is 14.3 Å². The lowest BCUT2D eigenvalue weighted by Gasteiger charge is -2.16. The second-order valence-electron chi connectivity index (χ2n) is 7.06. The molecular formula is C22H22N4O5. The van der Waals surface area contributed by atoms with Crippen LogP contribution in [0.3, 0.4) is 0 Å². The number of amides is 1. The molecule has 0 saturated carbocycles. The molecule has 3 N–H and O–H groups in total. The third kappa shape index (κ3) is 4.11. The molecule has 9 heteroatoms. The number of benzene rings is 2. The van der Waals surface area contributed by atoms with Gasteiger partial charge in [-0.3, -0.25) is 19.0 Å². The van der Waals surface area contributed by atoms with Crippen molar-refractivity contribution in [3.8, 4) is 11.4 Å². The molecule has 0 atom stereocenters. The third-order valence-corrected chi connectivity index (χ3v) is 4.71. The monoisotopic (exact) mass is 422 g/mol. The molecule has 0 bridgehead atoms. The molecule has 0 saturated heterocycles. The minimum atomic E-state index is -0.729. The minimum absolute atomic E-state index is 0.183. The van der Waals surface area contributed by atoms with Gasteiger partial charge in [-0.2, -0.15) is 0 Å². The largest absolute Gasteiger partial charge is 0.426 e. The van der Waals surface area contributed by atoms with E-state index in [4.69, 9.17) is 10.5 Å². The standard InChI is InChI=1S/C22H22N4O5/c1-12-10-15(11-13(2)18(12)31-14(3)27)20(28)24-17-19(23)26(16-8-6-5-7-9-16)22(30)25(4)21(17)29/h5-11H,23H2,1-4H3,(H,24,28). The molecule has 0 spiro atoms. The highest BCUT2D eigenvalue weighted by Gasteiger charge is 2.20. The van der Waals surface area contributed by atoms with E-state index in [9.17, 15) is 19.2 Å². The number of aromatic nitrogens is 2. The summed E-state index contributed by atoms with van der Waals surface area (Å²) in [7, 11) is 1.31. The smallest absolute Gasteiger partial charge is 0.337 e. The van der Waals surface area contributed by atoms with Crippen LogP contribution in [0, 0.1) is 13.8 Å². The molecule has 0 unspecified atom stereocenters. The summed E-state index contributed by atoms with van der Waals surface area (Å²) in [5.41, 5.74) is 6.40. The van der Waals surface area contributed by atoms with E-state index in [2.05, 4.69) is 5.32 Å². The van der Waals surface area contributed by atoms with Gasteiger partial charge in [-0.15, -0.1) is 0 Å². The summed E-state index contributed by atoms with van der Waals surface area (Å²) in [6.07, 6.45) is 0. The van der Waals surface area contributed by atoms with Crippen molar-refractivity contribution in [3.63, 3.8) is 0 Å². The molecule has 0 fully saturated rings. The van der Waals surface area contributed by atoms with Gasteiger partial charge in [0.25, 0.3) is 11.5 Å². The average molecular weight is 422 g/mol. The Labute approximate surface area is 177 Å². The Morgan fingerprint density at radius 3 is 2.16 bits per heavy atom. The molecule has 1 amide bonds. The van der Waals surface area contributed by atoms with Gasteiger partial charge >= 0.3 is 11.7 Å². The van der Waals surface area contributed by atoms with Crippen LogP contribution >= 0.6 is 0 Å². The maximum absolute atomic E-state index is 12.9. The van der Waals surface area contributed by atoms with Crippen LogP contribution in [0.2, 0.25) is 0 Å². The van der Waals surface area contributed by atoms with E-state index in [1.807, 2.05) is 0 Å². The predicted octanol–water partition coefficient (Wildman–Crippen LogP) is 1.91. The molecule has 1 heterocycles. The normalized spacial score (nSPS) is 10.6. The van der Waals surface area contributed by atoms with Gasteiger partial charge < -0.3 is 15.8 Å². The van der Waals surface area contributed by atoms with Gasteiger partial charge in [-0.1, -0.05) is 18.2 Å². The van der Waals surface area contributed by atoms with E-state index in [0.717, 1.165) is 9.13 Å². The molecule has 160 valence electrons. The number of anilines is 2. The van der Waals surface area contributed by atoms with Gasteiger partial charge in [-0.05, 0) is 49.2 Å². The quantitative estimate of drug-likeness (QED) is 0.489. The van der Waals surface area contributed by atoms with Gasteiger partial charge in [-0.25, -0.2) is 9.36 Å². The van der Waals surface area contributed by atoms with Gasteiger partial charge in [0.1, 0.15) is 17.3 Å². The van der Waals surface area contributed by atoms with Crippen molar-refractivity contribution in [1.82, 2.24) is 9.13 Å². The Morgan fingerprint density at radius 2 is 1.61 bits per heavy atom. The van der Waals surface area contributed by atoms with E-state index in [1.54, 1.807) is 44.2 Å². The number of nitrogens with one attached hydrogen (secondary N) is 1. The van der Waals surface area contributed by atoms with E-state index in [0.29, 0.717) is 22.6 Å². The molecule has 3 aromatic rings. The minimum Gasteiger partial charge on any atom is -0.426 e. The number of nitrogens with two attached hydrogens (primary N) is 1. The number of hydrogen-bond acceptors (Lipinski definition) is 6. The van der Waals surface area contributed by atoms with Crippen LogP contribution in [0.15, 0.2) is 52.1 Å². The van der Waals surface area contributed by atoms with Crippen LogP contribution < -0.4 is 27.0 Å². The Hall–Kier alpha value is -4.14. The molecule has 0 aliphatic rings. The summed E-state index contributed by atoms with van der Waals surface area (Å²) >= 11 is 0. The first-order valence-electron chi connectivity index (χ1n) is 9.39. The fraction of sp³-hybridized carbons (Fsp3) is 0.182. The molecule has 0 radical (unpaired) electrons. The van der Waals surface area contributed by atoms with Crippen molar-refractivity contribution >= 4 is 23.4 Å². The van der Waals surface area contributed by atoms with Crippen molar-refractivity contribution in [1.29, 1.82) is 0 Å². The van der Waals surface area contributed by atoms with Crippen LogP contribution in [-0.2, 0) is 11.8 Å². The summed E-state index contributed by atoms with van der Waals surface area (Å²) in [6, 6.07) is 11.6. The summed E-state index contributed by atoms with van der Waals surface area (Å²) in [5.74, 6) is -0.875. The zero-order valence-electron chi connectivity index (χ0n) is 17.6. The van der Waals surface area contributed by atoms with Crippen LogP contribution in [0.4, 0.5) is 11.5 Å². The van der Waals surface area contributed by atoms with Crippen LogP contribution in [-0.4, -0.2) is 21.0 Å². The van der Waals surface area contributed by atoms with E-state index in [1.165, 1.54) is 26.1 Å². The molecule has 9 nitrogen and oxygen atoms in total. The zero-order valence-corrected chi connectivity index (χ0v) is 17.6. The van der Waals surface area contributed by atoms with Gasteiger partial charge in [0.2, 0.25) is 0 Å². The van der Waals surface area contributed by atoms with Crippen molar-refractivity contribution in [2.75, 3.05) is 11.1 Å². The van der Waals surface area contributed by atoms with E-state index in [-0.39, 0.29) is 17.1 Å². The highest BCUT2D eigenvalue weighted by molar-refractivity contribution is 6.05. The van der Waals surface area contributed by atoms with E-state index < -0.39 is 23.1 Å². The van der Waals surface area contributed by atoms with Gasteiger partial charge in [0, 0.05) is 19.5 Å². The molecule has 31 heavy (non-hydrogen) atoms. The Morgan fingerprint density at radius 1 is 1.03 bits per heavy atom. The van der Waals surface area contributed by atoms with Crippen molar-refractivity contribution in [3.05, 3.63) is 80.0 Å². The topological polar surface area (TPSA) is 125 Å². The number of para-hydroxylation sites is 1. The lowest BCUT2D eigenvalue weighted by atomic mass is 10.0. The van der Waals surface area contributed by atoms with Gasteiger partial charge in [0.15, 0.2) is 0 Å². The first-order chi connectivity index (χ1) is 14.6. The predicted molar refractivity (Wildman–Crippen MR) is 117 cm³/mol. The van der Waals surface area contributed by atoms with E-state index >= 15 is 0 Å². The fourth-order valence-electron chi connectivity index (χ4n) is 3.24. The SMILES string of the molecule is CC(=O)Oc1c(C)cc(C(=O)Nc2c(N)n(-c3ccccc3)c(=O)n(C)c2=O)cc1C. The number of nitrogen functional groups attached to an aromatic ring is 1. The number of rotatable bonds is 4. The second-order valence-corrected chi connectivity index (χ2v) is 7.06. The maximum Gasteiger partial charge on any atom is 0.337 e. The first-order valence-corrected chi connectivity index (χ1v) is 9.39. The van der Waals surface area contributed by atoms with Crippen LogP contribution in [0.25, 0.3) is 5.69 Å². The second kappa shape index (κ2) is 8.31. The molecule has 1 aromatic heterocycles. The number of ether oxygens (including phenoxy) is 1. The lowest BCUT2D eigenvalue weighted by Crippen LogP contribution is -2.40. The fourth-order valence-corrected chi connectivity index (χ4v) is 3.24. The molecule has 3 rings (SSSR count). The Balaban J connectivity index is 2.07. The summed E-state index contributed by atoms with van der Waals surface area (Å²) in [4.78, 5) is 49.5. The summed E-state index contributed by atoms with van der Waals surface area (Å²) in [5, 5.41) is 2.52. The highest BCUT2D eigenvalue weighted by Crippen LogP contribution is 2.26. The number of carbonyl (C=O) groups is 2. The maximum atomic E-state index is 12.9. The van der Waals surface area contributed by atoms with Crippen molar-refractivity contribution in [2.24, 2.45) is 7.05 Å². The summed E-state index contributed by atoms with van der Waals surface area (Å²) < 4.78 is 7.20. The van der Waals surface area contributed by atoms with Gasteiger partial charge in [0.05, 0.1) is 5.69 Å². The number of hydrogen-bond donors (Lipinski definition) is 2. The zero-order chi connectivity index (χ0) is 22.9. The number of nitrogens with zero attached hydrogens (tertiary/aromatic N) is 2. The number of aryl methyl sites for hydroxylation is 2. The Bertz CT molecular complexity index is 1280. The van der Waals surface area contributed by atoms with Crippen LogP contribution in [0.1, 0.15) is 28.4 Å². The first kappa shape index (κ1) is 21.6. The molecule has 0 aliphatic heterocycles. The average Bonchev–Trinajstić information content (AvgIpc) is 2.72. The molecule has 2 aromatic carbocycles. The lowest BCUT2D eigenvalue weighted by molar-refractivity contribution is -0.131. The van der Waals surface area contributed by atoms with Crippen LogP contribution in [0.5, 0.6) is 5.75 Å². The molecular weight excluding hydrogens is 400 g/mol. The number of esters is 1. The molecule has 0 aliphatic carbocycles. The highest BCUT2D eigenvalue weighted by atomic mass is 16.5. The summed E-state index contributed by atoms with van der Waals surface area (Å²) in [6.45, 7) is 4.69. The number of carbonyl (C=O) groups excluding carboxylic acids is 2.